The van der Waals surface area contributed by atoms with Crippen LogP contribution in [0.4, 0.5) is 5.82 Å². The van der Waals surface area contributed by atoms with Gasteiger partial charge in [-0.2, -0.15) is 11.3 Å². The minimum Gasteiger partial charge on any atom is -0.381 e. The predicted molar refractivity (Wildman–Crippen MR) is 147 cm³/mol. The van der Waals surface area contributed by atoms with Gasteiger partial charge < -0.3 is 15.0 Å². The Morgan fingerprint density at radius 3 is 2.59 bits per heavy atom. The fourth-order valence-electron chi connectivity index (χ4n) is 5.61. The van der Waals surface area contributed by atoms with Crippen LogP contribution in [-0.2, 0) is 19.9 Å². The topological polar surface area (TPSA) is 71.5 Å². The summed E-state index contributed by atoms with van der Waals surface area (Å²) in [6.07, 6.45) is 2.41. The van der Waals surface area contributed by atoms with Crippen molar-refractivity contribution >= 4 is 52.2 Å². The number of Topliss-reactive ketones (excluding diaryl/α,β-unsaturated/α-hetero) is 1. The molecule has 1 aromatic carbocycles. The van der Waals surface area contributed by atoms with Crippen LogP contribution < -0.4 is 10.2 Å². The second-order valence-electron chi connectivity index (χ2n) is 9.97. The van der Waals surface area contributed by atoms with Gasteiger partial charge in [-0.25, -0.2) is 4.98 Å². The summed E-state index contributed by atoms with van der Waals surface area (Å²) >= 11 is 9.06. The van der Waals surface area contributed by atoms with Gasteiger partial charge in [-0.3, -0.25) is 9.59 Å². The van der Waals surface area contributed by atoms with Crippen molar-refractivity contribution in [3.8, 4) is 0 Å². The Morgan fingerprint density at radius 2 is 1.86 bits per heavy atom. The zero-order valence-electron chi connectivity index (χ0n) is 20.3. The van der Waals surface area contributed by atoms with Crippen molar-refractivity contribution in [2.24, 2.45) is 11.8 Å². The molecule has 3 aliphatic rings. The molecule has 1 amide bonds. The van der Waals surface area contributed by atoms with Crippen LogP contribution in [0.25, 0.3) is 0 Å². The van der Waals surface area contributed by atoms with Crippen molar-refractivity contribution in [3.63, 3.8) is 0 Å². The highest BCUT2D eigenvalue weighted by atomic mass is 35.5. The van der Waals surface area contributed by atoms with Gasteiger partial charge in [-0.1, -0.05) is 29.8 Å². The van der Waals surface area contributed by atoms with E-state index in [1.165, 1.54) is 11.8 Å². The lowest BCUT2D eigenvalue weighted by molar-refractivity contribution is -0.133. The summed E-state index contributed by atoms with van der Waals surface area (Å²) < 4.78 is 5.53. The highest BCUT2D eigenvalue weighted by Crippen LogP contribution is 2.42. The minimum absolute atomic E-state index is 0.129. The van der Waals surface area contributed by atoms with Crippen LogP contribution in [0.5, 0.6) is 0 Å². The number of nitrogens with zero attached hydrogens (tertiary/aromatic N) is 2. The van der Waals surface area contributed by atoms with E-state index in [-0.39, 0.29) is 18.1 Å². The van der Waals surface area contributed by atoms with Crippen LogP contribution >= 0.6 is 34.7 Å². The van der Waals surface area contributed by atoms with Gasteiger partial charge in [0.2, 0.25) is 5.91 Å². The van der Waals surface area contributed by atoms with Gasteiger partial charge in [0, 0.05) is 37.6 Å². The molecule has 3 aliphatic heterocycles. The predicted octanol–water partition coefficient (Wildman–Crippen LogP) is 5.15. The molecule has 6 nitrogen and oxygen atoms in total. The Hall–Kier alpha value is -2.39. The molecular weight excluding hydrogens is 526 g/mol. The number of carbonyl (C=O) groups excluding carboxylic acids is 2. The van der Waals surface area contributed by atoms with E-state index in [2.05, 4.69) is 10.2 Å². The summed E-state index contributed by atoms with van der Waals surface area (Å²) in [5.41, 5.74) is 0.585. The fourth-order valence-corrected chi connectivity index (χ4v) is 7.58. The number of halogens is 1. The van der Waals surface area contributed by atoms with Gasteiger partial charge in [-0.15, -0.1) is 11.8 Å². The number of pyridine rings is 1. The van der Waals surface area contributed by atoms with E-state index in [1.54, 1.807) is 17.4 Å². The number of benzene rings is 1. The highest BCUT2D eigenvalue weighted by Gasteiger charge is 2.49. The Bertz CT molecular complexity index is 1270. The monoisotopic (exact) mass is 553 g/mol. The number of piperidine rings is 1. The number of aromatic nitrogens is 1. The van der Waals surface area contributed by atoms with Crippen molar-refractivity contribution in [2.75, 3.05) is 31.2 Å². The number of rotatable bonds is 6. The van der Waals surface area contributed by atoms with Gasteiger partial charge in [-0.05, 0) is 71.3 Å². The Kier molecular flexibility index (Phi) is 7.01. The second kappa shape index (κ2) is 10.4. The first kappa shape index (κ1) is 24.9. The molecule has 6 rings (SSSR count). The van der Waals surface area contributed by atoms with Gasteiger partial charge in [0.1, 0.15) is 16.6 Å². The fraction of sp³-hybridized carbons (Fsp3) is 0.393. The summed E-state index contributed by atoms with van der Waals surface area (Å²) in [7, 11) is 0. The zero-order chi connectivity index (χ0) is 25.4. The number of nitrogens with one attached hydrogen (secondary N) is 1. The maximum Gasteiger partial charge on any atom is 0.242 e. The molecule has 2 unspecified atom stereocenters. The average molecular weight is 554 g/mol. The molecule has 0 bridgehead atoms. The van der Waals surface area contributed by atoms with Crippen LogP contribution in [-0.4, -0.2) is 48.2 Å². The number of anilines is 1. The van der Waals surface area contributed by atoms with Crippen molar-refractivity contribution in [1.29, 1.82) is 0 Å². The first-order valence-corrected chi connectivity index (χ1v) is 14.8. The molecule has 3 aromatic rings. The Morgan fingerprint density at radius 1 is 1.05 bits per heavy atom. The van der Waals surface area contributed by atoms with E-state index in [1.807, 2.05) is 53.2 Å². The summed E-state index contributed by atoms with van der Waals surface area (Å²) in [6.45, 7) is 3.69. The largest absolute Gasteiger partial charge is 0.381 e. The quantitative estimate of drug-likeness (QED) is 0.426. The minimum atomic E-state index is -0.993. The van der Waals surface area contributed by atoms with E-state index in [9.17, 15) is 9.59 Å². The number of thiophene rings is 1. The standard InChI is InChI=1S/C28H28ClN3O3S2/c29-21-4-1-2-5-23(21)37-26-22(33)14-28(31-27(26)34,20-10-13-36-17-20)24-6-3-7-25(30-24)32-15-19(16-32)18-8-11-35-12-9-18/h1-7,10,13,17-19,26H,8-9,11-12,14-16H2,(H,31,34). The SMILES string of the molecule is O=C1CC(c2ccsc2)(c2cccc(N3CC(C4CCOCC4)C3)n2)NC(=O)C1Sc1ccccc1Cl. The molecule has 5 heterocycles. The Balaban J connectivity index is 1.25. The van der Waals surface area contributed by atoms with Crippen LogP contribution in [0.15, 0.2) is 64.2 Å². The molecule has 37 heavy (non-hydrogen) atoms. The Labute approximate surface area is 229 Å². The zero-order valence-corrected chi connectivity index (χ0v) is 22.7. The van der Waals surface area contributed by atoms with E-state index >= 15 is 0 Å². The molecule has 2 atom stereocenters. The molecule has 3 fully saturated rings. The summed E-state index contributed by atoms with van der Waals surface area (Å²) in [6, 6.07) is 15.2. The molecule has 1 N–H and O–H groups in total. The van der Waals surface area contributed by atoms with Gasteiger partial charge in [0.15, 0.2) is 5.78 Å². The maximum absolute atomic E-state index is 13.5. The lowest BCUT2D eigenvalue weighted by Crippen LogP contribution is -2.58. The third-order valence-electron chi connectivity index (χ3n) is 7.74. The molecule has 0 spiro atoms. The van der Waals surface area contributed by atoms with E-state index in [4.69, 9.17) is 21.3 Å². The normalized spacial score (nSPS) is 25.1. The van der Waals surface area contributed by atoms with E-state index in [0.717, 1.165) is 55.4 Å². The first-order chi connectivity index (χ1) is 18.0. The molecule has 0 radical (unpaired) electrons. The number of carbonyl (C=O) groups is 2. The van der Waals surface area contributed by atoms with Gasteiger partial charge in [0.05, 0.1) is 10.7 Å². The number of thioether (sulfide) groups is 1. The summed E-state index contributed by atoms with van der Waals surface area (Å²) in [4.78, 5) is 35.1. The van der Waals surface area contributed by atoms with Crippen LogP contribution in [0, 0.1) is 11.8 Å². The molecule has 9 heteroatoms. The molecule has 0 aliphatic carbocycles. The lowest BCUT2D eigenvalue weighted by Gasteiger charge is -2.46. The number of ether oxygens (including phenoxy) is 1. The van der Waals surface area contributed by atoms with E-state index < -0.39 is 10.8 Å². The first-order valence-electron chi connectivity index (χ1n) is 12.6. The van der Waals surface area contributed by atoms with Crippen molar-refractivity contribution in [2.45, 2.75) is 34.9 Å². The second-order valence-corrected chi connectivity index (χ2v) is 12.3. The van der Waals surface area contributed by atoms with Gasteiger partial charge in [0.25, 0.3) is 0 Å². The number of hydrogen-bond acceptors (Lipinski definition) is 7. The van der Waals surface area contributed by atoms with Crippen molar-refractivity contribution < 1.29 is 14.3 Å². The number of amides is 1. The molecule has 0 saturated carbocycles. The summed E-state index contributed by atoms with van der Waals surface area (Å²) in [5, 5.41) is 6.86. The van der Waals surface area contributed by atoms with Crippen LogP contribution in [0.3, 0.4) is 0 Å². The highest BCUT2D eigenvalue weighted by molar-refractivity contribution is 8.01. The van der Waals surface area contributed by atoms with Crippen molar-refractivity contribution in [3.05, 3.63) is 75.6 Å². The van der Waals surface area contributed by atoms with Crippen LogP contribution in [0.1, 0.15) is 30.5 Å². The van der Waals surface area contributed by atoms with Gasteiger partial charge >= 0.3 is 0 Å². The van der Waals surface area contributed by atoms with E-state index in [0.29, 0.717) is 22.6 Å². The maximum atomic E-state index is 13.5. The third kappa shape index (κ3) is 4.80. The average Bonchev–Trinajstić information content (AvgIpc) is 3.43. The van der Waals surface area contributed by atoms with Crippen LogP contribution in [0.2, 0.25) is 5.02 Å². The molecule has 3 saturated heterocycles. The lowest BCUT2D eigenvalue weighted by atomic mass is 9.79. The van der Waals surface area contributed by atoms with Crippen molar-refractivity contribution in [1.82, 2.24) is 10.3 Å². The molecule has 2 aromatic heterocycles. The third-order valence-corrected chi connectivity index (χ3v) is 10.2. The molecule has 192 valence electrons. The molecular formula is C28H28ClN3O3S2. The number of hydrogen-bond donors (Lipinski definition) is 1. The smallest absolute Gasteiger partial charge is 0.242 e. The number of ketones is 1. The summed E-state index contributed by atoms with van der Waals surface area (Å²) in [5.74, 6) is 1.83.